The zero-order valence-corrected chi connectivity index (χ0v) is 16.9. The second kappa shape index (κ2) is 7.73. The SMILES string of the molecule is Cc1ccccc1-c1c(F)c(F)c(C[Si](C)(C)CCS(=O)(=O)O)c(F)c1F. The van der Waals surface area contributed by atoms with E-state index in [0.717, 1.165) is 0 Å². The molecule has 0 aliphatic rings. The molecule has 0 heterocycles. The van der Waals surface area contributed by atoms with Gasteiger partial charge in [-0.05, 0) is 30.1 Å². The van der Waals surface area contributed by atoms with E-state index in [9.17, 15) is 26.0 Å². The molecular formula is C18H20F4O3SSi. The van der Waals surface area contributed by atoms with Crippen molar-refractivity contribution in [3.8, 4) is 11.1 Å². The van der Waals surface area contributed by atoms with Crippen molar-refractivity contribution in [1.29, 1.82) is 0 Å². The smallest absolute Gasteiger partial charge is 0.264 e. The molecule has 0 atom stereocenters. The summed E-state index contributed by atoms with van der Waals surface area (Å²) >= 11 is 0. The van der Waals surface area contributed by atoms with Crippen LogP contribution in [-0.2, 0) is 16.2 Å². The van der Waals surface area contributed by atoms with Gasteiger partial charge in [-0.25, -0.2) is 17.6 Å². The minimum atomic E-state index is -4.23. The van der Waals surface area contributed by atoms with Gasteiger partial charge in [0.1, 0.15) is 0 Å². The molecule has 2 aromatic rings. The van der Waals surface area contributed by atoms with E-state index in [1.165, 1.54) is 12.1 Å². The summed E-state index contributed by atoms with van der Waals surface area (Å²) in [7, 11) is -6.86. The predicted octanol–water partition coefficient (Wildman–Crippen LogP) is 4.90. The molecule has 1 N–H and O–H groups in total. The average molecular weight is 421 g/mol. The largest absolute Gasteiger partial charge is 0.286 e. The van der Waals surface area contributed by atoms with Crippen molar-refractivity contribution in [1.82, 2.24) is 0 Å². The van der Waals surface area contributed by atoms with Gasteiger partial charge in [0.15, 0.2) is 23.3 Å². The van der Waals surface area contributed by atoms with Crippen molar-refractivity contribution in [2.24, 2.45) is 0 Å². The lowest BCUT2D eigenvalue weighted by atomic mass is 9.97. The summed E-state index contributed by atoms with van der Waals surface area (Å²) in [6.45, 7) is 4.83. The molecule has 148 valence electrons. The lowest BCUT2D eigenvalue weighted by Crippen LogP contribution is -2.33. The van der Waals surface area contributed by atoms with Gasteiger partial charge in [0.2, 0.25) is 0 Å². The molecule has 3 nitrogen and oxygen atoms in total. The normalized spacial score (nSPS) is 12.4. The van der Waals surface area contributed by atoms with Crippen LogP contribution in [-0.4, -0.2) is 26.8 Å². The fourth-order valence-corrected chi connectivity index (χ4v) is 7.58. The highest BCUT2D eigenvalue weighted by atomic mass is 32.2. The zero-order valence-electron chi connectivity index (χ0n) is 15.1. The summed E-state index contributed by atoms with van der Waals surface area (Å²) in [4.78, 5) is 0. The van der Waals surface area contributed by atoms with Crippen LogP contribution in [0.5, 0.6) is 0 Å². The third-order valence-corrected chi connectivity index (χ3v) is 8.46. The average Bonchev–Trinajstić information content (AvgIpc) is 2.57. The summed E-state index contributed by atoms with van der Waals surface area (Å²) in [5, 5.41) is 0. The van der Waals surface area contributed by atoms with Gasteiger partial charge in [-0.3, -0.25) is 4.55 Å². The number of hydrogen-bond donors (Lipinski definition) is 1. The molecule has 2 aromatic carbocycles. The van der Waals surface area contributed by atoms with Crippen molar-refractivity contribution in [2.75, 3.05) is 5.75 Å². The van der Waals surface area contributed by atoms with E-state index >= 15 is 0 Å². The summed E-state index contributed by atoms with van der Waals surface area (Å²) < 4.78 is 89.1. The third-order valence-electron chi connectivity index (χ3n) is 4.46. The quantitative estimate of drug-likeness (QED) is 0.313. The summed E-state index contributed by atoms with van der Waals surface area (Å²) in [5.74, 6) is -6.46. The highest BCUT2D eigenvalue weighted by molar-refractivity contribution is 7.85. The van der Waals surface area contributed by atoms with Crippen LogP contribution < -0.4 is 0 Å². The Labute approximate surface area is 156 Å². The molecule has 0 aliphatic carbocycles. The van der Waals surface area contributed by atoms with Crippen molar-refractivity contribution in [3.63, 3.8) is 0 Å². The van der Waals surface area contributed by atoms with E-state index in [2.05, 4.69) is 0 Å². The maximum absolute atomic E-state index is 14.6. The standard InChI is InChI=1S/C18H20F4O3SSi/c1-11-6-4-5-7-12(11)14-17(21)15(19)13(16(20)18(14)22)10-27(2,3)9-8-26(23,24)25/h4-7H,8-10H2,1-3H3,(H,23,24,25). The number of benzene rings is 2. The minimum Gasteiger partial charge on any atom is -0.286 e. The second-order valence-corrected chi connectivity index (χ2v) is 14.1. The van der Waals surface area contributed by atoms with Crippen LogP contribution in [0.25, 0.3) is 11.1 Å². The zero-order chi connectivity index (χ0) is 20.6. The molecule has 0 spiro atoms. The van der Waals surface area contributed by atoms with Crippen LogP contribution in [0.15, 0.2) is 24.3 Å². The van der Waals surface area contributed by atoms with Gasteiger partial charge in [0.25, 0.3) is 10.1 Å². The van der Waals surface area contributed by atoms with Crippen LogP contribution in [0.4, 0.5) is 17.6 Å². The summed E-state index contributed by atoms with van der Waals surface area (Å²) in [6.07, 6.45) is 0. The van der Waals surface area contributed by atoms with Crippen molar-refractivity contribution < 1.29 is 30.5 Å². The Morgan fingerprint density at radius 1 is 0.963 bits per heavy atom. The van der Waals surface area contributed by atoms with Gasteiger partial charge in [-0.15, -0.1) is 0 Å². The lowest BCUT2D eigenvalue weighted by molar-refractivity contribution is 0.447. The first-order valence-corrected chi connectivity index (χ1v) is 13.2. The second-order valence-electron chi connectivity index (χ2n) is 7.30. The molecule has 0 bridgehead atoms. The van der Waals surface area contributed by atoms with Crippen molar-refractivity contribution >= 4 is 18.2 Å². The molecule has 0 unspecified atom stereocenters. The van der Waals surface area contributed by atoms with E-state index in [4.69, 9.17) is 4.55 Å². The molecule has 2 rings (SSSR count). The minimum absolute atomic E-state index is 0.00645. The Morgan fingerprint density at radius 2 is 1.48 bits per heavy atom. The van der Waals surface area contributed by atoms with E-state index in [1.807, 2.05) is 0 Å². The molecule has 27 heavy (non-hydrogen) atoms. The molecule has 0 aliphatic heterocycles. The first kappa shape index (κ1) is 21.6. The summed E-state index contributed by atoms with van der Waals surface area (Å²) in [6, 6.07) is 5.79. The first-order valence-electron chi connectivity index (χ1n) is 8.20. The molecule has 0 amide bonds. The van der Waals surface area contributed by atoms with Gasteiger partial charge < -0.3 is 0 Å². The van der Waals surface area contributed by atoms with Crippen LogP contribution in [0.3, 0.4) is 0 Å². The Bertz CT molecular complexity index is 946. The fourth-order valence-electron chi connectivity index (χ4n) is 2.89. The number of aryl methyl sites for hydroxylation is 1. The monoisotopic (exact) mass is 420 g/mol. The number of rotatable bonds is 6. The first-order chi connectivity index (χ1) is 12.3. The predicted molar refractivity (Wildman–Crippen MR) is 98.9 cm³/mol. The Balaban J connectivity index is 2.51. The molecule has 9 heteroatoms. The Morgan fingerprint density at radius 3 is 1.96 bits per heavy atom. The van der Waals surface area contributed by atoms with Crippen molar-refractivity contribution in [2.45, 2.75) is 32.1 Å². The lowest BCUT2D eigenvalue weighted by Gasteiger charge is -2.23. The van der Waals surface area contributed by atoms with Crippen LogP contribution >= 0.6 is 0 Å². The van der Waals surface area contributed by atoms with E-state index in [0.29, 0.717) is 5.56 Å². The molecule has 0 saturated carbocycles. The molecule has 0 saturated heterocycles. The maximum atomic E-state index is 14.6. The van der Waals surface area contributed by atoms with Crippen LogP contribution in [0.1, 0.15) is 11.1 Å². The summed E-state index contributed by atoms with van der Waals surface area (Å²) in [5.41, 5.74) is -0.969. The topological polar surface area (TPSA) is 54.4 Å². The fraction of sp³-hybridized carbons (Fsp3) is 0.333. The highest BCUT2D eigenvalue weighted by Gasteiger charge is 2.32. The van der Waals surface area contributed by atoms with Gasteiger partial charge >= 0.3 is 0 Å². The van der Waals surface area contributed by atoms with E-state index < -0.39 is 58.3 Å². The number of hydrogen-bond acceptors (Lipinski definition) is 2. The van der Waals surface area contributed by atoms with Crippen LogP contribution in [0, 0.1) is 30.2 Å². The van der Waals surface area contributed by atoms with E-state index in [1.54, 1.807) is 32.2 Å². The van der Waals surface area contributed by atoms with Gasteiger partial charge in [-0.2, -0.15) is 8.42 Å². The Hall–Kier alpha value is -1.71. The molecular weight excluding hydrogens is 400 g/mol. The van der Waals surface area contributed by atoms with Crippen molar-refractivity contribution in [3.05, 3.63) is 58.7 Å². The Kier molecular flexibility index (Phi) is 6.18. The van der Waals surface area contributed by atoms with Gasteiger partial charge in [-0.1, -0.05) is 37.4 Å². The molecule has 0 fully saturated rings. The number of halogens is 4. The van der Waals surface area contributed by atoms with Gasteiger partial charge in [0, 0.05) is 5.56 Å². The van der Waals surface area contributed by atoms with E-state index in [-0.39, 0.29) is 17.7 Å². The van der Waals surface area contributed by atoms with Crippen LogP contribution in [0.2, 0.25) is 19.1 Å². The third kappa shape index (κ3) is 4.97. The highest BCUT2D eigenvalue weighted by Crippen LogP contribution is 2.35. The molecule has 0 radical (unpaired) electrons. The maximum Gasteiger partial charge on any atom is 0.264 e. The van der Waals surface area contributed by atoms with Gasteiger partial charge in [0.05, 0.1) is 19.4 Å². The molecule has 0 aromatic heterocycles.